The second-order valence-electron chi connectivity index (χ2n) is 9.27. The highest BCUT2D eigenvalue weighted by Crippen LogP contribution is 2.35. The minimum absolute atomic E-state index is 0.185. The molecular weight excluding hydrogens is 703 g/mol. The number of nitrogens with zero attached hydrogens (tertiary/aromatic N) is 1. The number of benzene rings is 2. The third-order valence-corrected chi connectivity index (χ3v) is 6.88. The summed E-state index contributed by atoms with van der Waals surface area (Å²) in [4.78, 5) is 36.3. The molecule has 0 radical (unpaired) electrons. The number of hydrazone groups is 1. The van der Waals surface area contributed by atoms with Crippen LogP contribution in [0.1, 0.15) is 44.9 Å². The van der Waals surface area contributed by atoms with Crippen LogP contribution in [0.25, 0.3) is 0 Å². The van der Waals surface area contributed by atoms with Gasteiger partial charge in [-0.2, -0.15) is 5.10 Å². The van der Waals surface area contributed by atoms with Gasteiger partial charge in [0.15, 0.2) is 35.8 Å². The lowest BCUT2D eigenvalue weighted by Gasteiger charge is -2.28. The summed E-state index contributed by atoms with van der Waals surface area (Å²) < 4.78 is 33.4. The number of hydrogen-bond donors (Lipinski definition) is 4. The fourth-order valence-corrected chi connectivity index (χ4v) is 5.00. The third-order valence-electron chi connectivity index (χ3n) is 6.08. The summed E-state index contributed by atoms with van der Waals surface area (Å²) in [7, 11) is 1.27. The molecule has 3 rings (SSSR count). The highest BCUT2D eigenvalue weighted by atomic mass is 127. The van der Waals surface area contributed by atoms with Gasteiger partial charge in [0.2, 0.25) is 0 Å². The van der Waals surface area contributed by atoms with Crippen molar-refractivity contribution in [2.45, 2.75) is 40.0 Å². The van der Waals surface area contributed by atoms with E-state index in [1.165, 1.54) is 13.3 Å². The topological polar surface area (TPSA) is 175 Å². The van der Waals surface area contributed by atoms with Gasteiger partial charge < -0.3 is 44.2 Å². The number of amides is 2. The van der Waals surface area contributed by atoms with Crippen LogP contribution < -0.4 is 35.0 Å². The molecule has 0 saturated heterocycles. The van der Waals surface area contributed by atoms with Gasteiger partial charge in [-0.3, -0.25) is 5.43 Å². The number of methoxy groups -OCH3 is 1. The molecule has 0 aromatic heterocycles. The summed E-state index contributed by atoms with van der Waals surface area (Å²) in [5, 5.41) is 19.9. The van der Waals surface area contributed by atoms with Gasteiger partial charge in [0.1, 0.15) is 6.61 Å². The Kier molecular flexibility index (Phi) is 13.5. The predicted molar refractivity (Wildman–Crippen MR) is 171 cm³/mol. The number of halogens is 1. The first kappa shape index (κ1) is 35.2. The van der Waals surface area contributed by atoms with E-state index in [-0.39, 0.29) is 25.4 Å². The molecule has 0 spiro atoms. The smallest absolute Gasteiger partial charge is 0.344 e. The molecule has 0 unspecified atom stereocenters. The minimum atomic E-state index is -1.19. The maximum atomic E-state index is 12.4. The number of esters is 2. The Hall–Kier alpha value is -4.25. The van der Waals surface area contributed by atoms with E-state index in [4.69, 9.17) is 28.4 Å². The number of rotatable bonds is 16. The summed E-state index contributed by atoms with van der Waals surface area (Å²) in [6.45, 7) is 7.48. The van der Waals surface area contributed by atoms with Gasteiger partial charge >= 0.3 is 18.0 Å². The molecule has 1 aliphatic rings. The van der Waals surface area contributed by atoms with Gasteiger partial charge in [0, 0.05) is 5.70 Å². The van der Waals surface area contributed by atoms with E-state index in [0.29, 0.717) is 56.6 Å². The third kappa shape index (κ3) is 9.87. The molecule has 0 fully saturated rings. The van der Waals surface area contributed by atoms with Crippen LogP contribution in [0.2, 0.25) is 0 Å². The van der Waals surface area contributed by atoms with E-state index in [0.717, 1.165) is 0 Å². The molecule has 0 bridgehead atoms. The molecule has 1 heterocycles. The molecule has 2 aromatic rings. The van der Waals surface area contributed by atoms with E-state index in [1.807, 2.05) is 6.92 Å². The quantitative estimate of drug-likeness (QED) is 0.0655. The number of ether oxygens (including phenoxy) is 6. The maximum Gasteiger partial charge on any atom is 0.344 e. The van der Waals surface area contributed by atoms with Crippen molar-refractivity contribution in [1.29, 1.82) is 0 Å². The van der Waals surface area contributed by atoms with Crippen LogP contribution >= 0.6 is 22.6 Å². The summed E-state index contributed by atoms with van der Waals surface area (Å²) in [5.74, 6) is 0.458. The van der Waals surface area contributed by atoms with Gasteiger partial charge in [-0.25, -0.2) is 14.4 Å². The van der Waals surface area contributed by atoms with Crippen molar-refractivity contribution in [2.24, 2.45) is 5.10 Å². The second-order valence-corrected chi connectivity index (χ2v) is 10.4. The molecule has 2 aromatic carbocycles. The molecule has 2 atom stereocenters. The fraction of sp³-hybridized carbons (Fsp3) is 0.400. The average molecular weight is 741 g/mol. The van der Waals surface area contributed by atoms with Crippen LogP contribution in [0, 0.1) is 3.57 Å². The first-order chi connectivity index (χ1) is 21.6. The molecule has 14 nitrogen and oxygen atoms in total. The highest BCUT2D eigenvalue weighted by Gasteiger charge is 2.32. The molecule has 4 N–H and O–H groups in total. The molecule has 2 amide bonds. The van der Waals surface area contributed by atoms with Crippen LogP contribution in [0.4, 0.5) is 4.79 Å². The maximum absolute atomic E-state index is 12.4. The van der Waals surface area contributed by atoms with E-state index >= 15 is 0 Å². The zero-order valence-corrected chi connectivity index (χ0v) is 27.8. The molecule has 244 valence electrons. The lowest BCUT2D eigenvalue weighted by Crippen LogP contribution is -2.45. The van der Waals surface area contributed by atoms with Crippen molar-refractivity contribution in [2.75, 3.05) is 40.1 Å². The van der Waals surface area contributed by atoms with Gasteiger partial charge in [-0.1, -0.05) is 6.07 Å². The predicted octanol–water partition coefficient (Wildman–Crippen LogP) is 3.15. The number of hydrogen-bond acceptors (Lipinski definition) is 12. The van der Waals surface area contributed by atoms with Crippen molar-refractivity contribution in [3.8, 4) is 23.0 Å². The Balaban J connectivity index is 1.67. The molecule has 15 heteroatoms. The van der Waals surface area contributed by atoms with Crippen LogP contribution in [-0.2, 0) is 19.1 Å². The van der Waals surface area contributed by atoms with E-state index in [9.17, 15) is 19.5 Å². The lowest BCUT2D eigenvalue weighted by molar-refractivity contribution is -0.145. The van der Waals surface area contributed by atoms with Crippen LogP contribution in [0.5, 0.6) is 23.0 Å². The van der Waals surface area contributed by atoms with Gasteiger partial charge in [-0.15, -0.1) is 0 Å². The molecule has 0 aliphatic carbocycles. The molecule has 0 saturated carbocycles. The fourth-order valence-electron chi connectivity index (χ4n) is 4.22. The van der Waals surface area contributed by atoms with Crippen molar-refractivity contribution < 1.29 is 47.9 Å². The van der Waals surface area contributed by atoms with Crippen molar-refractivity contribution in [1.82, 2.24) is 16.1 Å². The number of carbonyl (C=O) groups is 3. The number of carbonyl (C=O) groups excluding carboxylic acids is 3. The van der Waals surface area contributed by atoms with E-state index in [1.54, 1.807) is 51.1 Å². The van der Waals surface area contributed by atoms with E-state index < -0.39 is 30.2 Å². The number of aliphatic hydroxyl groups is 1. The minimum Gasteiger partial charge on any atom is -0.490 e. The van der Waals surface area contributed by atoms with Gasteiger partial charge in [-0.05, 0) is 85.7 Å². The van der Waals surface area contributed by atoms with Crippen LogP contribution in [-0.4, -0.2) is 75.7 Å². The SMILES string of the molecule is CCOC(=O)COc1c(I)cc(/C=N\N[C@@H](O)COc2ccc([C@@H]3NC(=O)NC(C)=C3C(=O)OC)cc2OCC)cc1OCC. The normalized spacial score (nSPS) is 15.1. The lowest BCUT2D eigenvalue weighted by atomic mass is 9.95. The first-order valence-electron chi connectivity index (χ1n) is 14.1. The largest absolute Gasteiger partial charge is 0.490 e. The van der Waals surface area contributed by atoms with Crippen LogP contribution in [0.3, 0.4) is 0 Å². The first-order valence-corrected chi connectivity index (χ1v) is 15.2. The zero-order chi connectivity index (χ0) is 32.9. The number of nitrogens with one attached hydrogen (secondary N) is 3. The van der Waals surface area contributed by atoms with Crippen molar-refractivity contribution >= 4 is 46.8 Å². The Labute approximate surface area is 274 Å². The summed E-state index contributed by atoms with van der Waals surface area (Å²) in [6, 6.07) is 7.20. The summed E-state index contributed by atoms with van der Waals surface area (Å²) in [5.41, 5.74) is 4.46. The van der Waals surface area contributed by atoms with Gasteiger partial charge in [0.25, 0.3) is 0 Å². The Morgan fingerprint density at radius 3 is 2.47 bits per heavy atom. The van der Waals surface area contributed by atoms with E-state index in [2.05, 4.69) is 43.8 Å². The number of aliphatic hydroxyl groups excluding tert-OH is 1. The summed E-state index contributed by atoms with van der Waals surface area (Å²) >= 11 is 2.07. The van der Waals surface area contributed by atoms with Crippen LogP contribution in [0.15, 0.2) is 46.7 Å². The zero-order valence-electron chi connectivity index (χ0n) is 25.6. The standard InChI is InChI=1S/C30H37IN4O10/c1-6-41-22-13-19(27-26(29(38)40-5)17(4)33-30(39)34-27)9-10-21(22)44-15-24(36)35-32-14-18-11-20(31)28(23(12-18)42-7-2)45-16-25(37)43-8-3/h9-14,24,27,35-36H,6-8,15-16H2,1-5H3,(H2,33,34,39)/b32-14-/t24-,27-/m0/s1. The number of urea groups is 1. The molecule has 1 aliphatic heterocycles. The Morgan fingerprint density at radius 2 is 1.78 bits per heavy atom. The second kappa shape index (κ2) is 17.3. The Bertz CT molecular complexity index is 1430. The average Bonchev–Trinajstić information content (AvgIpc) is 2.99. The Morgan fingerprint density at radius 1 is 1.04 bits per heavy atom. The monoisotopic (exact) mass is 740 g/mol. The molecule has 45 heavy (non-hydrogen) atoms. The van der Waals surface area contributed by atoms with Crippen molar-refractivity contribution in [3.05, 3.63) is 56.3 Å². The highest BCUT2D eigenvalue weighted by molar-refractivity contribution is 14.1. The summed E-state index contributed by atoms with van der Waals surface area (Å²) in [6.07, 6.45) is 0.304. The number of allylic oxidation sites excluding steroid dienone is 1. The van der Waals surface area contributed by atoms with Crippen molar-refractivity contribution in [3.63, 3.8) is 0 Å². The molecular formula is C30H37IN4O10. The van der Waals surface area contributed by atoms with Gasteiger partial charge in [0.05, 0.1) is 48.3 Å².